The van der Waals surface area contributed by atoms with Crippen LogP contribution in [-0.2, 0) is 22.4 Å². The Balaban J connectivity index is 1.50. The van der Waals surface area contributed by atoms with Crippen LogP contribution < -0.4 is 5.32 Å². The fourth-order valence-electron chi connectivity index (χ4n) is 3.22. The molecule has 0 unspecified atom stereocenters. The third kappa shape index (κ3) is 4.11. The van der Waals surface area contributed by atoms with Crippen LogP contribution in [0.5, 0.6) is 0 Å². The SMILES string of the molecule is CCc1ccc(-c2cn3c(CC(=O)Nc4cccc(C(=O)OC)c4)csc3n2)cc1. The van der Waals surface area contributed by atoms with Crippen molar-refractivity contribution < 1.29 is 14.3 Å². The van der Waals surface area contributed by atoms with Gasteiger partial charge < -0.3 is 10.1 Å². The lowest BCUT2D eigenvalue weighted by molar-refractivity contribution is -0.115. The van der Waals surface area contributed by atoms with Gasteiger partial charge in [0.15, 0.2) is 4.96 Å². The van der Waals surface area contributed by atoms with Crippen LogP contribution in [0.4, 0.5) is 5.69 Å². The van der Waals surface area contributed by atoms with Crippen molar-refractivity contribution >= 4 is 33.9 Å². The number of hydrogen-bond acceptors (Lipinski definition) is 5. The van der Waals surface area contributed by atoms with E-state index in [4.69, 9.17) is 4.74 Å². The van der Waals surface area contributed by atoms with Gasteiger partial charge in [-0.15, -0.1) is 11.3 Å². The average Bonchev–Trinajstić information content (AvgIpc) is 3.35. The number of nitrogens with one attached hydrogen (secondary N) is 1. The molecular formula is C23H21N3O3S. The standard InChI is InChI=1S/C23H21N3O3S/c1-3-15-7-9-16(10-8-15)20-13-26-19(14-30-23(26)25-20)12-21(27)24-18-6-4-5-17(11-18)22(28)29-2/h4-11,13-14H,3,12H2,1-2H3,(H,24,27). The molecule has 0 aliphatic carbocycles. The first-order chi connectivity index (χ1) is 14.6. The highest BCUT2D eigenvalue weighted by Crippen LogP contribution is 2.24. The van der Waals surface area contributed by atoms with Gasteiger partial charge in [-0.3, -0.25) is 9.20 Å². The minimum atomic E-state index is -0.441. The molecule has 0 aliphatic heterocycles. The van der Waals surface area contributed by atoms with E-state index in [1.54, 1.807) is 24.3 Å². The number of anilines is 1. The molecule has 152 valence electrons. The van der Waals surface area contributed by atoms with Gasteiger partial charge in [0.1, 0.15) is 0 Å². The summed E-state index contributed by atoms with van der Waals surface area (Å²) < 4.78 is 6.68. The summed E-state index contributed by atoms with van der Waals surface area (Å²) in [6, 6.07) is 15.1. The van der Waals surface area contributed by atoms with Crippen LogP contribution in [0.1, 0.15) is 28.5 Å². The molecule has 0 aliphatic rings. The van der Waals surface area contributed by atoms with E-state index in [0.717, 1.165) is 28.3 Å². The summed E-state index contributed by atoms with van der Waals surface area (Å²) >= 11 is 1.51. The molecule has 0 saturated carbocycles. The van der Waals surface area contributed by atoms with Crippen molar-refractivity contribution in [2.45, 2.75) is 19.8 Å². The molecule has 0 bridgehead atoms. The Labute approximate surface area is 178 Å². The van der Waals surface area contributed by atoms with Crippen molar-refractivity contribution in [3.63, 3.8) is 0 Å². The van der Waals surface area contributed by atoms with Crippen LogP contribution in [0.15, 0.2) is 60.1 Å². The molecule has 0 fully saturated rings. The van der Waals surface area contributed by atoms with Crippen LogP contribution in [0, 0.1) is 0 Å². The summed E-state index contributed by atoms with van der Waals surface area (Å²) in [7, 11) is 1.33. The van der Waals surface area contributed by atoms with E-state index < -0.39 is 5.97 Å². The van der Waals surface area contributed by atoms with Gasteiger partial charge >= 0.3 is 5.97 Å². The summed E-state index contributed by atoms with van der Waals surface area (Å²) in [5.41, 5.74) is 5.03. The number of methoxy groups -OCH3 is 1. The molecule has 0 radical (unpaired) electrons. The molecule has 1 N–H and O–H groups in total. The molecule has 1 amide bonds. The number of carbonyl (C=O) groups excluding carboxylic acids is 2. The van der Waals surface area contributed by atoms with Crippen LogP contribution in [0.25, 0.3) is 16.2 Å². The summed E-state index contributed by atoms with van der Waals surface area (Å²) in [6.45, 7) is 2.13. The second kappa shape index (κ2) is 8.51. The number of aromatic nitrogens is 2. The predicted octanol–water partition coefficient (Wildman–Crippen LogP) is 4.59. The van der Waals surface area contributed by atoms with Crippen molar-refractivity contribution in [2.75, 3.05) is 12.4 Å². The Morgan fingerprint density at radius 2 is 1.97 bits per heavy atom. The van der Waals surface area contributed by atoms with E-state index >= 15 is 0 Å². The fraction of sp³-hybridized carbons (Fsp3) is 0.174. The number of amides is 1. The van der Waals surface area contributed by atoms with Crippen LogP contribution in [0.2, 0.25) is 0 Å². The number of benzene rings is 2. The first-order valence-corrected chi connectivity index (χ1v) is 10.5. The van der Waals surface area contributed by atoms with Crippen molar-refractivity contribution in [1.82, 2.24) is 9.38 Å². The van der Waals surface area contributed by atoms with Crippen LogP contribution in [-0.4, -0.2) is 28.4 Å². The van der Waals surface area contributed by atoms with E-state index in [2.05, 4.69) is 41.5 Å². The number of rotatable bonds is 6. The maximum absolute atomic E-state index is 12.6. The summed E-state index contributed by atoms with van der Waals surface area (Å²) in [5.74, 6) is -0.608. The topological polar surface area (TPSA) is 72.7 Å². The maximum atomic E-state index is 12.6. The third-order valence-corrected chi connectivity index (χ3v) is 5.74. The number of carbonyl (C=O) groups is 2. The predicted molar refractivity (Wildman–Crippen MR) is 118 cm³/mol. The maximum Gasteiger partial charge on any atom is 0.337 e. The van der Waals surface area contributed by atoms with Gasteiger partial charge in [-0.25, -0.2) is 9.78 Å². The van der Waals surface area contributed by atoms with Gasteiger partial charge in [0.2, 0.25) is 5.91 Å². The highest BCUT2D eigenvalue weighted by atomic mass is 32.1. The van der Waals surface area contributed by atoms with E-state index in [1.807, 2.05) is 16.0 Å². The number of nitrogens with zero attached hydrogens (tertiary/aromatic N) is 2. The lowest BCUT2D eigenvalue weighted by atomic mass is 10.1. The van der Waals surface area contributed by atoms with Gasteiger partial charge in [0, 0.05) is 28.5 Å². The Morgan fingerprint density at radius 3 is 2.70 bits per heavy atom. The molecule has 0 spiro atoms. The molecular weight excluding hydrogens is 398 g/mol. The molecule has 6 nitrogen and oxygen atoms in total. The second-order valence-corrected chi connectivity index (χ2v) is 7.69. The van der Waals surface area contributed by atoms with E-state index in [1.165, 1.54) is 24.0 Å². The normalized spacial score (nSPS) is 10.9. The first-order valence-electron chi connectivity index (χ1n) is 9.60. The number of thiazole rings is 1. The molecule has 0 saturated heterocycles. The average molecular weight is 420 g/mol. The van der Waals surface area contributed by atoms with Crippen molar-refractivity contribution in [3.05, 3.63) is 76.9 Å². The van der Waals surface area contributed by atoms with Gasteiger partial charge in [-0.2, -0.15) is 0 Å². The molecule has 2 aromatic carbocycles. The Hall–Kier alpha value is -3.45. The Morgan fingerprint density at radius 1 is 1.17 bits per heavy atom. The van der Waals surface area contributed by atoms with Gasteiger partial charge in [-0.05, 0) is 30.2 Å². The van der Waals surface area contributed by atoms with E-state index in [0.29, 0.717) is 11.3 Å². The molecule has 4 rings (SSSR count). The Bertz CT molecular complexity index is 1210. The minimum Gasteiger partial charge on any atom is -0.465 e. The monoisotopic (exact) mass is 419 g/mol. The summed E-state index contributed by atoms with van der Waals surface area (Å²) in [4.78, 5) is 29.8. The lowest BCUT2D eigenvalue weighted by Crippen LogP contribution is -2.15. The van der Waals surface area contributed by atoms with E-state index in [-0.39, 0.29) is 12.3 Å². The van der Waals surface area contributed by atoms with E-state index in [9.17, 15) is 9.59 Å². The zero-order valence-corrected chi connectivity index (χ0v) is 17.5. The minimum absolute atomic E-state index is 0.167. The molecule has 0 atom stereocenters. The molecule has 30 heavy (non-hydrogen) atoms. The third-order valence-electron chi connectivity index (χ3n) is 4.85. The molecule has 4 aromatic rings. The largest absolute Gasteiger partial charge is 0.465 e. The van der Waals surface area contributed by atoms with Crippen molar-refractivity contribution in [1.29, 1.82) is 0 Å². The number of esters is 1. The first kappa shape index (κ1) is 19.8. The number of fused-ring (bicyclic) bond motifs is 1. The van der Waals surface area contributed by atoms with Crippen LogP contribution in [0.3, 0.4) is 0 Å². The molecule has 2 aromatic heterocycles. The van der Waals surface area contributed by atoms with Crippen LogP contribution >= 0.6 is 11.3 Å². The van der Waals surface area contributed by atoms with Crippen molar-refractivity contribution in [3.8, 4) is 11.3 Å². The second-order valence-electron chi connectivity index (χ2n) is 6.85. The highest BCUT2D eigenvalue weighted by molar-refractivity contribution is 7.15. The number of hydrogen-bond donors (Lipinski definition) is 1. The lowest BCUT2D eigenvalue weighted by Gasteiger charge is -2.06. The molecule has 7 heteroatoms. The highest BCUT2D eigenvalue weighted by Gasteiger charge is 2.14. The molecule has 2 heterocycles. The fourth-order valence-corrected chi connectivity index (χ4v) is 4.09. The smallest absolute Gasteiger partial charge is 0.337 e. The number of aryl methyl sites for hydroxylation is 1. The van der Waals surface area contributed by atoms with Gasteiger partial charge in [0.05, 0.1) is 24.8 Å². The number of imidazole rings is 1. The van der Waals surface area contributed by atoms with Gasteiger partial charge in [-0.1, -0.05) is 37.3 Å². The van der Waals surface area contributed by atoms with Crippen molar-refractivity contribution in [2.24, 2.45) is 0 Å². The summed E-state index contributed by atoms with van der Waals surface area (Å²) in [6.07, 6.45) is 3.17. The Kier molecular flexibility index (Phi) is 5.63. The zero-order valence-electron chi connectivity index (χ0n) is 16.7. The quantitative estimate of drug-likeness (QED) is 0.464. The number of ether oxygens (including phenoxy) is 1. The zero-order chi connectivity index (χ0) is 21.1. The van der Waals surface area contributed by atoms with Gasteiger partial charge in [0.25, 0.3) is 0 Å². The summed E-state index contributed by atoms with van der Waals surface area (Å²) in [5, 5.41) is 4.78.